The van der Waals surface area contributed by atoms with Crippen LogP contribution < -0.4 is 21.5 Å². The number of nitrogen functional groups attached to an aromatic ring is 1. The molecule has 118 valence electrons. The van der Waals surface area contributed by atoms with E-state index in [1.165, 1.54) is 6.42 Å². The van der Waals surface area contributed by atoms with E-state index < -0.39 is 0 Å². The summed E-state index contributed by atoms with van der Waals surface area (Å²) in [5.74, 6) is 7.09. The monoisotopic (exact) mass is 295 g/mol. The van der Waals surface area contributed by atoms with Crippen molar-refractivity contribution in [3.8, 4) is 0 Å². The number of piperidine rings is 1. The Kier molecular flexibility index (Phi) is 5.51. The van der Waals surface area contributed by atoms with E-state index in [1.807, 2.05) is 13.8 Å². The second-order valence-electron chi connectivity index (χ2n) is 5.65. The number of aliphatic hydroxyl groups is 1. The normalized spacial score (nSPS) is 16.9. The molecule has 0 amide bonds. The topological polar surface area (TPSA) is 112 Å². The Morgan fingerprint density at radius 2 is 1.81 bits per heavy atom. The number of hydrogen-bond acceptors (Lipinski definition) is 8. The zero-order chi connectivity index (χ0) is 15.2. The molecule has 1 atom stereocenters. The SMILES string of the molecule is CC(C)[C@@H](CO)Nc1nc(NN)nc(N2CCCCC2)n1. The first-order valence-electron chi connectivity index (χ1n) is 7.49. The number of anilines is 3. The van der Waals surface area contributed by atoms with Gasteiger partial charge in [0.1, 0.15) is 0 Å². The lowest BCUT2D eigenvalue weighted by atomic mass is 10.1. The van der Waals surface area contributed by atoms with Gasteiger partial charge in [-0.25, -0.2) is 5.84 Å². The van der Waals surface area contributed by atoms with Crippen LogP contribution in [-0.2, 0) is 0 Å². The maximum absolute atomic E-state index is 9.42. The van der Waals surface area contributed by atoms with E-state index in [0.29, 0.717) is 17.8 Å². The minimum absolute atomic E-state index is 0.0216. The van der Waals surface area contributed by atoms with E-state index in [9.17, 15) is 5.11 Å². The van der Waals surface area contributed by atoms with Gasteiger partial charge in [-0.15, -0.1) is 0 Å². The van der Waals surface area contributed by atoms with Crippen molar-refractivity contribution in [3.63, 3.8) is 0 Å². The van der Waals surface area contributed by atoms with Crippen LogP contribution in [0.15, 0.2) is 0 Å². The lowest BCUT2D eigenvalue weighted by molar-refractivity contribution is 0.248. The van der Waals surface area contributed by atoms with Gasteiger partial charge in [0.25, 0.3) is 0 Å². The zero-order valence-corrected chi connectivity index (χ0v) is 12.7. The molecule has 1 fully saturated rings. The molecule has 1 aromatic heterocycles. The van der Waals surface area contributed by atoms with Crippen molar-refractivity contribution >= 4 is 17.8 Å². The predicted molar refractivity (Wildman–Crippen MR) is 83.0 cm³/mol. The molecule has 1 saturated heterocycles. The molecule has 0 radical (unpaired) electrons. The van der Waals surface area contributed by atoms with Gasteiger partial charge in [0.15, 0.2) is 0 Å². The first-order chi connectivity index (χ1) is 10.1. The van der Waals surface area contributed by atoms with Crippen LogP contribution >= 0.6 is 0 Å². The summed E-state index contributed by atoms with van der Waals surface area (Å²) in [7, 11) is 0. The summed E-state index contributed by atoms with van der Waals surface area (Å²) in [6.45, 7) is 5.97. The lowest BCUT2D eigenvalue weighted by Gasteiger charge is -2.27. The largest absolute Gasteiger partial charge is 0.394 e. The highest BCUT2D eigenvalue weighted by molar-refractivity contribution is 5.44. The lowest BCUT2D eigenvalue weighted by Crippen LogP contribution is -2.33. The Bertz CT molecular complexity index is 448. The zero-order valence-electron chi connectivity index (χ0n) is 12.7. The molecular formula is C13H25N7O. The highest BCUT2D eigenvalue weighted by atomic mass is 16.3. The second kappa shape index (κ2) is 7.37. The van der Waals surface area contributed by atoms with Crippen LogP contribution in [0, 0.1) is 5.92 Å². The Labute approximate surface area is 125 Å². The molecule has 0 bridgehead atoms. The average molecular weight is 295 g/mol. The summed E-state index contributed by atoms with van der Waals surface area (Å²) in [6.07, 6.45) is 3.53. The van der Waals surface area contributed by atoms with E-state index in [2.05, 4.69) is 30.6 Å². The Hall–Kier alpha value is -1.67. The Morgan fingerprint density at radius 1 is 1.14 bits per heavy atom. The molecule has 0 unspecified atom stereocenters. The number of nitrogens with one attached hydrogen (secondary N) is 2. The van der Waals surface area contributed by atoms with Crippen LogP contribution in [0.4, 0.5) is 17.8 Å². The molecule has 1 aliphatic rings. The maximum atomic E-state index is 9.42. The smallest absolute Gasteiger partial charge is 0.243 e. The van der Waals surface area contributed by atoms with Crippen molar-refractivity contribution < 1.29 is 5.11 Å². The van der Waals surface area contributed by atoms with Gasteiger partial charge >= 0.3 is 0 Å². The van der Waals surface area contributed by atoms with Crippen LogP contribution in [0.5, 0.6) is 0 Å². The van der Waals surface area contributed by atoms with Crippen molar-refractivity contribution in [3.05, 3.63) is 0 Å². The van der Waals surface area contributed by atoms with E-state index in [1.54, 1.807) is 0 Å². The van der Waals surface area contributed by atoms with Crippen molar-refractivity contribution in [2.75, 3.05) is 35.3 Å². The summed E-state index contributed by atoms with van der Waals surface area (Å²) < 4.78 is 0. The standard InChI is InChI=1S/C13H25N7O/c1-9(2)10(8-21)15-11-16-12(19-14)18-13(17-11)20-6-4-3-5-7-20/h9-10,21H,3-8,14H2,1-2H3,(H2,15,16,17,18,19)/t10-/m1/s1. The molecule has 2 heterocycles. The summed E-state index contributed by atoms with van der Waals surface area (Å²) >= 11 is 0. The fraction of sp³-hybridized carbons (Fsp3) is 0.769. The number of hydrogen-bond donors (Lipinski definition) is 4. The van der Waals surface area contributed by atoms with Crippen molar-refractivity contribution in [2.45, 2.75) is 39.2 Å². The molecule has 0 saturated carbocycles. The molecular weight excluding hydrogens is 270 g/mol. The fourth-order valence-electron chi connectivity index (χ4n) is 2.32. The third kappa shape index (κ3) is 4.15. The van der Waals surface area contributed by atoms with Crippen LogP contribution in [0.2, 0.25) is 0 Å². The molecule has 8 heteroatoms. The molecule has 1 aliphatic heterocycles. The van der Waals surface area contributed by atoms with Gasteiger partial charge in [-0.3, -0.25) is 5.43 Å². The van der Waals surface area contributed by atoms with Crippen molar-refractivity contribution in [1.82, 2.24) is 15.0 Å². The van der Waals surface area contributed by atoms with Gasteiger partial charge in [-0.1, -0.05) is 13.8 Å². The summed E-state index contributed by atoms with van der Waals surface area (Å²) in [4.78, 5) is 15.1. The molecule has 1 aromatic rings. The molecule has 0 spiro atoms. The van der Waals surface area contributed by atoms with Crippen molar-refractivity contribution in [1.29, 1.82) is 0 Å². The highest BCUT2D eigenvalue weighted by Gasteiger charge is 2.18. The first-order valence-corrected chi connectivity index (χ1v) is 7.49. The number of rotatable bonds is 6. The Balaban J connectivity index is 2.20. The highest BCUT2D eigenvalue weighted by Crippen LogP contribution is 2.19. The van der Waals surface area contributed by atoms with E-state index in [4.69, 9.17) is 5.84 Å². The van der Waals surface area contributed by atoms with Gasteiger partial charge in [0.2, 0.25) is 17.8 Å². The molecule has 21 heavy (non-hydrogen) atoms. The van der Waals surface area contributed by atoms with Crippen LogP contribution in [-0.4, -0.2) is 45.8 Å². The summed E-state index contributed by atoms with van der Waals surface area (Å²) in [5, 5.41) is 12.6. The Morgan fingerprint density at radius 3 is 2.38 bits per heavy atom. The van der Waals surface area contributed by atoms with Crippen molar-refractivity contribution in [2.24, 2.45) is 11.8 Å². The van der Waals surface area contributed by atoms with E-state index in [0.717, 1.165) is 25.9 Å². The molecule has 8 nitrogen and oxygen atoms in total. The van der Waals surface area contributed by atoms with Gasteiger partial charge in [-0.2, -0.15) is 15.0 Å². The molecule has 0 aromatic carbocycles. The van der Waals surface area contributed by atoms with Gasteiger partial charge in [0.05, 0.1) is 12.6 Å². The molecule has 2 rings (SSSR count). The number of nitrogens with zero attached hydrogens (tertiary/aromatic N) is 4. The van der Waals surface area contributed by atoms with Crippen LogP contribution in [0.25, 0.3) is 0 Å². The number of hydrazine groups is 1. The predicted octanol–water partition coefficient (Wildman–Crippen LogP) is 0.576. The quantitative estimate of drug-likeness (QED) is 0.445. The summed E-state index contributed by atoms with van der Waals surface area (Å²) in [5.41, 5.74) is 2.48. The van der Waals surface area contributed by atoms with Gasteiger partial charge in [0, 0.05) is 13.1 Å². The van der Waals surface area contributed by atoms with E-state index >= 15 is 0 Å². The second-order valence-corrected chi connectivity index (χ2v) is 5.65. The fourth-order valence-corrected chi connectivity index (χ4v) is 2.32. The minimum Gasteiger partial charge on any atom is -0.394 e. The van der Waals surface area contributed by atoms with Crippen LogP contribution in [0.1, 0.15) is 33.1 Å². The minimum atomic E-state index is -0.104. The van der Waals surface area contributed by atoms with Gasteiger partial charge < -0.3 is 15.3 Å². The third-order valence-electron chi connectivity index (χ3n) is 3.71. The third-order valence-corrected chi connectivity index (χ3v) is 3.71. The van der Waals surface area contributed by atoms with Crippen LogP contribution in [0.3, 0.4) is 0 Å². The first kappa shape index (κ1) is 15.7. The number of nitrogens with two attached hydrogens (primary N) is 1. The van der Waals surface area contributed by atoms with E-state index in [-0.39, 0.29) is 18.6 Å². The molecule has 5 N–H and O–H groups in total. The summed E-state index contributed by atoms with van der Waals surface area (Å²) in [6, 6.07) is -0.104. The molecule has 0 aliphatic carbocycles. The number of aliphatic hydroxyl groups excluding tert-OH is 1. The van der Waals surface area contributed by atoms with Gasteiger partial charge in [-0.05, 0) is 25.2 Å². The maximum Gasteiger partial charge on any atom is 0.243 e. The number of aromatic nitrogens is 3. The average Bonchev–Trinajstić information content (AvgIpc) is 2.52.